The monoisotopic (exact) mass is 600 g/mol. The topological polar surface area (TPSA) is 126 Å². The van der Waals surface area contributed by atoms with Gasteiger partial charge in [0, 0.05) is 0 Å². The molecule has 6 fully saturated rings. The maximum atomic E-state index is 13.5. The molecular formula is C35H52O8. The van der Waals surface area contributed by atoms with Gasteiger partial charge in [0.15, 0.2) is 6.29 Å². The van der Waals surface area contributed by atoms with Gasteiger partial charge in [0.2, 0.25) is 0 Å². The predicted octanol–water partition coefficient (Wildman–Crippen LogP) is 4.18. The van der Waals surface area contributed by atoms with Gasteiger partial charge < -0.3 is 34.6 Å². The highest BCUT2D eigenvalue weighted by molar-refractivity contribution is 5.86. The zero-order chi connectivity index (χ0) is 31.2. The lowest BCUT2D eigenvalue weighted by atomic mass is 9.35. The standard InChI is InChI=1S/C35H52O8/c1-29(2)21-10-13-32(5)22(30(21,3)12-11-23(29)42-27-25(38)24(37)20(36)18-41-27)9-8-19-26-34(7,40)33(6)15-17-35(26,28(39)43-33)16-14-31(19,32)4/h8-9,20-25,27,36-38,40H,10-18H2,1-7H3/t20-,21-,22+,23-,24-,25+,27-,30-,31+,32+,33-,34-,35+/m0/s1. The van der Waals surface area contributed by atoms with E-state index in [9.17, 15) is 25.2 Å². The second kappa shape index (κ2) is 8.95. The van der Waals surface area contributed by atoms with Gasteiger partial charge in [-0.25, -0.2) is 0 Å². The molecule has 8 heteroatoms. The first-order chi connectivity index (χ1) is 19.9. The van der Waals surface area contributed by atoms with Crippen molar-refractivity contribution < 1.29 is 39.4 Å². The van der Waals surface area contributed by atoms with Crippen molar-refractivity contribution >= 4 is 5.97 Å². The van der Waals surface area contributed by atoms with E-state index in [1.165, 1.54) is 5.57 Å². The summed E-state index contributed by atoms with van der Waals surface area (Å²) in [6.45, 7) is 15.6. The molecule has 3 aliphatic heterocycles. The molecule has 3 heterocycles. The molecule has 5 aliphatic carbocycles. The third-order valence-electron chi connectivity index (χ3n) is 14.9. The summed E-state index contributed by atoms with van der Waals surface area (Å²) in [7, 11) is 0. The molecule has 3 saturated carbocycles. The predicted molar refractivity (Wildman–Crippen MR) is 158 cm³/mol. The van der Waals surface area contributed by atoms with Gasteiger partial charge in [0.05, 0.1) is 18.1 Å². The van der Waals surface area contributed by atoms with Crippen LogP contribution in [-0.2, 0) is 19.0 Å². The number of hydrogen-bond donors (Lipinski definition) is 4. The molecule has 3 saturated heterocycles. The molecule has 0 aromatic carbocycles. The highest BCUT2D eigenvalue weighted by Gasteiger charge is 2.73. The fourth-order valence-corrected chi connectivity index (χ4v) is 11.8. The van der Waals surface area contributed by atoms with Crippen molar-refractivity contribution in [3.63, 3.8) is 0 Å². The molecule has 43 heavy (non-hydrogen) atoms. The zero-order valence-electron chi connectivity index (χ0n) is 27.0. The fourth-order valence-electron chi connectivity index (χ4n) is 11.8. The Bertz CT molecular complexity index is 1290. The normalized spacial score (nSPS) is 56.9. The van der Waals surface area contributed by atoms with E-state index in [2.05, 4.69) is 46.8 Å². The molecule has 8 rings (SSSR count). The molecule has 0 unspecified atom stereocenters. The molecule has 13 atom stereocenters. The van der Waals surface area contributed by atoms with Crippen LogP contribution in [0.25, 0.3) is 0 Å². The Morgan fingerprint density at radius 1 is 0.884 bits per heavy atom. The van der Waals surface area contributed by atoms with Crippen LogP contribution in [0.1, 0.15) is 99.8 Å². The summed E-state index contributed by atoms with van der Waals surface area (Å²) in [6.07, 6.45) is 6.73. The van der Waals surface area contributed by atoms with Gasteiger partial charge in [-0.15, -0.1) is 0 Å². The average molecular weight is 601 g/mol. The molecule has 0 aromatic heterocycles. The molecule has 8 nitrogen and oxygen atoms in total. The first-order valence-corrected chi connectivity index (χ1v) is 16.6. The van der Waals surface area contributed by atoms with Gasteiger partial charge in [-0.05, 0) is 110 Å². The number of hydrogen-bond acceptors (Lipinski definition) is 8. The van der Waals surface area contributed by atoms with E-state index in [0.717, 1.165) is 50.5 Å². The fraction of sp³-hybridized carbons (Fsp3) is 0.857. The van der Waals surface area contributed by atoms with Crippen LogP contribution >= 0.6 is 0 Å². The molecule has 2 bridgehead atoms. The van der Waals surface area contributed by atoms with Crippen molar-refractivity contribution in [3.8, 4) is 0 Å². The third-order valence-corrected chi connectivity index (χ3v) is 14.9. The van der Waals surface area contributed by atoms with Gasteiger partial charge in [-0.2, -0.15) is 0 Å². The molecule has 0 amide bonds. The summed E-state index contributed by atoms with van der Waals surface area (Å²) in [4.78, 5) is 13.5. The molecule has 8 aliphatic rings. The zero-order valence-corrected chi connectivity index (χ0v) is 27.0. The van der Waals surface area contributed by atoms with Crippen LogP contribution in [0.2, 0.25) is 0 Å². The van der Waals surface area contributed by atoms with Crippen LogP contribution in [0.3, 0.4) is 0 Å². The highest BCUT2D eigenvalue weighted by atomic mass is 16.7. The molecular weight excluding hydrogens is 548 g/mol. The van der Waals surface area contributed by atoms with Crippen molar-refractivity contribution in [2.24, 2.45) is 38.9 Å². The van der Waals surface area contributed by atoms with Gasteiger partial charge >= 0.3 is 5.97 Å². The number of carbonyl (C=O) groups is 1. The lowest BCUT2D eigenvalue weighted by Gasteiger charge is -2.71. The van der Waals surface area contributed by atoms with E-state index in [4.69, 9.17) is 14.2 Å². The Balaban J connectivity index is 1.25. The number of allylic oxidation sites excluding steroid dienone is 3. The molecule has 0 radical (unpaired) electrons. The summed E-state index contributed by atoms with van der Waals surface area (Å²) < 4.78 is 18.1. The Morgan fingerprint density at radius 2 is 1.58 bits per heavy atom. The Labute approximate surface area is 255 Å². The summed E-state index contributed by atoms with van der Waals surface area (Å²) in [5.41, 5.74) is -1.20. The first-order valence-electron chi connectivity index (χ1n) is 16.6. The lowest BCUT2D eigenvalue weighted by Crippen LogP contribution is -2.71. The van der Waals surface area contributed by atoms with Crippen LogP contribution in [0.4, 0.5) is 0 Å². The first kappa shape index (κ1) is 30.4. The number of esters is 1. The SMILES string of the molecule is CC1(C)[C@@H](O[C@@H]2OC[C@H](O)[C@H](O)[C@H]2O)CC[C@]2(C)[C@H]3C=CC4=C5[C@]6(CC[C@](C)(OC6=O)[C@@]5(C)O)CC[C@@]4(C)[C@]3(C)CC[C@@H]12. The number of rotatable bonds is 2. The lowest BCUT2D eigenvalue weighted by molar-refractivity contribution is -0.306. The summed E-state index contributed by atoms with van der Waals surface area (Å²) in [6, 6.07) is 0. The second-order valence-corrected chi connectivity index (χ2v) is 17.0. The highest BCUT2D eigenvalue weighted by Crippen LogP contribution is 2.75. The minimum Gasteiger partial charge on any atom is -0.455 e. The van der Waals surface area contributed by atoms with Crippen LogP contribution < -0.4 is 0 Å². The van der Waals surface area contributed by atoms with Crippen molar-refractivity contribution in [3.05, 3.63) is 23.3 Å². The maximum absolute atomic E-state index is 13.5. The summed E-state index contributed by atoms with van der Waals surface area (Å²) >= 11 is 0. The number of aliphatic hydroxyl groups is 4. The van der Waals surface area contributed by atoms with E-state index in [1.54, 1.807) is 0 Å². The Kier molecular flexibility index (Phi) is 6.32. The van der Waals surface area contributed by atoms with E-state index < -0.39 is 41.2 Å². The molecule has 1 spiro atoms. The third kappa shape index (κ3) is 3.52. The average Bonchev–Trinajstić information content (AvgIpc) is 2.92. The van der Waals surface area contributed by atoms with Crippen molar-refractivity contribution in [2.45, 2.75) is 142 Å². The summed E-state index contributed by atoms with van der Waals surface area (Å²) in [5.74, 6) is 0.514. The van der Waals surface area contributed by atoms with E-state index >= 15 is 0 Å². The quantitative estimate of drug-likeness (QED) is 0.275. The van der Waals surface area contributed by atoms with Crippen molar-refractivity contribution in [1.82, 2.24) is 0 Å². The van der Waals surface area contributed by atoms with Gasteiger partial charge in [0.25, 0.3) is 0 Å². The smallest absolute Gasteiger partial charge is 0.317 e. The van der Waals surface area contributed by atoms with Gasteiger partial charge in [0.1, 0.15) is 29.5 Å². The maximum Gasteiger partial charge on any atom is 0.317 e. The Morgan fingerprint density at radius 3 is 2.28 bits per heavy atom. The number of fused-ring (bicyclic) bond motifs is 7. The van der Waals surface area contributed by atoms with Crippen LogP contribution in [0, 0.1) is 38.9 Å². The van der Waals surface area contributed by atoms with Crippen LogP contribution in [0.15, 0.2) is 23.3 Å². The molecule has 240 valence electrons. The Hall–Kier alpha value is -1.29. The van der Waals surface area contributed by atoms with Gasteiger partial charge in [-0.3, -0.25) is 4.79 Å². The van der Waals surface area contributed by atoms with Crippen LogP contribution in [-0.4, -0.2) is 74.9 Å². The van der Waals surface area contributed by atoms with Gasteiger partial charge in [-0.1, -0.05) is 46.8 Å². The molecule has 4 N–H and O–H groups in total. The molecule has 0 aromatic rings. The van der Waals surface area contributed by atoms with Crippen molar-refractivity contribution in [2.75, 3.05) is 6.61 Å². The largest absolute Gasteiger partial charge is 0.455 e. The van der Waals surface area contributed by atoms with Crippen molar-refractivity contribution in [1.29, 1.82) is 0 Å². The van der Waals surface area contributed by atoms with Crippen LogP contribution in [0.5, 0.6) is 0 Å². The number of carbonyl (C=O) groups excluding carboxylic acids is 1. The van der Waals surface area contributed by atoms with E-state index in [1.807, 2.05) is 13.8 Å². The number of aliphatic hydroxyl groups excluding tert-OH is 3. The van der Waals surface area contributed by atoms with E-state index in [0.29, 0.717) is 18.3 Å². The summed E-state index contributed by atoms with van der Waals surface area (Å²) in [5, 5.41) is 42.9. The minimum atomic E-state index is -1.29. The number of ether oxygens (including phenoxy) is 3. The van der Waals surface area contributed by atoms with E-state index in [-0.39, 0.29) is 40.3 Å². The second-order valence-electron chi connectivity index (χ2n) is 17.0. The minimum absolute atomic E-state index is 0.00193.